The zero-order valence-corrected chi connectivity index (χ0v) is 10.4. The second-order valence-electron chi connectivity index (χ2n) is 3.60. The highest BCUT2D eigenvalue weighted by molar-refractivity contribution is 6.33. The number of amides is 1. The molecule has 0 radical (unpaired) electrons. The molecule has 0 bridgehead atoms. The fraction of sp³-hybridized carbons (Fsp3) is 0.0833. The van der Waals surface area contributed by atoms with Crippen LogP contribution >= 0.6 is 11.6 Å². The molecule has 0 unspecified atom stereocenters. The Morgan fingerprint density at radius 2 is 2.22 bits per heavy atom. The summed E-state index contributed by atoms with van der Waals surface area (Å²) in [5, 5.41) is 8.37. The van der Waals surface area contributed by atoms with Crippen molar-refractivity contribution in [1.29, 1.82) is 0 Å². The van der Waals surface area contributed by atoms with Crippen LogP contribution in [-0.2, 0) is 7.05 Å². The van der Waals surface area contributed by atoms with E-state index in [2.05, 4.69) is 15.6 Å². The molecule has 0 saturated carbocycles. The first-order valence-electron chi connectivity index (χ1n) is 5.24. The van der Waals surface area contributed by atoms with E-state index in [0.29, 0.717) is 10.7 Å². The van der Waals surface area contributed by atoms with Gasteiger partial charge in [0, 0.05) is 23.8 Å². The Kier molecular flexibility index (Phi) is 3.74. The van der Waals surface area contributed by atoms with Crippen molar-refractivity contribution in [3.05, 3.63) is 52.8 Å². The van der Waals surface area contributed by atoms with Crippen LogP contribution in [0.1, 0.15) is 16.1 Å². The summed E-state index contributed by atoms with van der Waals surface area (Å²) in [6, 6.07) is 8.84. The first-order valence-corrected chi connectivity index (χ1v) is 5.62. The molecule has 0 aliphatic carbocycles. The molecule has 2 rings (SSSR count). The van der Waals surface area contributed by atoms with Crippen LogP contribution in [0, 0.1) is 0 Å². The van der Waals surface area contributed by atoms with Crippen LogP contribution < -0.4 is 5.43 Å². The van der Waals surface area contributed by atoms with Crippen molar-refractivity contribution in [3.8, 4) is 0 Å². The average molecular weight is 263 g/mol. The number of nitrogens with one attached hydrogen (secondary N) is 1. The summed E-state index contributed by atoms with van der Waals surface area (Å²) in [6.45, 7) is 0. The molecule has 18 heavy (non-hydrogen) atoms. The third kappa shape index (κ3) is 2.95. The lowest BCUT2D eigenvalue weighted by Gasteiger charge is -1.97. The molecule has 1 aromatic heterocycles. The highest BCUT2D eigenvalue weighted by Gasteiger charge is 2.06. The molecule has 6 heteroatoms. The van der Waals surface area contributed by atoms with Gasteiger partial charge in [0.15, 0.2) is 5.69 Å². The number of hydrazone groups is 1. The van der Waals surface area contributed by atoms with Gasteiger partial charge in [-0.15, -0.1) is 0 Å². The van der Waals surface area contributed by atoms with E-state index in [1.165, 1.54) is 6.21 Å². The molecule has 5 nitrogen and oxygen atoms in total. The Labute approximate surface area is 109 Å². The molecule has 0 fully saturated rings. The van der Waals surface area contributed by atoms with Gasteiger partial charge < -0.3 is 0 Å². The largest absolute Gasteiger partial charge is 0.291 e. The second-order valence-corrected chi connectivity index (χ2v) is 4.00. The number of carbonyl (C=O) groups is 1. The van der Waals surface area contributed by atoms with Crippen molar-refractivity contribution in [1.82, 2.24) is 15.2 Å². The second kappa shape index (κ2) is 5.46. The summed E-state index contributed by atoms with van der Waals surface area (Å²) in [5.41, 5.74) is 3.43. The molecular formula is C12H11ClN4O. The van der Waals surface area contributed by atoms with E-state index in [0.717, 1.165) is 5.56 Å². The highest BCUT2D eigenvalue weighted by atomic mass is 35.5. The van der Waals surface area contributed by atoms with Crippen LogP contribution in [0.2, 0.25) is 5.02 Å². The van der Waals surface area contributed by atoms with E-state index in [4.69, 9.17) is 11.6 Å². The molecule has 1 N–H and O–H groups in total. The third-order valence-electron chi connectivity index (χ3n) is 2.22. The van der Waals surface area contributed by atoms with Gasteiger partial charge in [-0.3, -0.25) is 9.48 Å². The van der Waals surface area contributed by atoms with Gasteiger partial charge in [0.05, 0.1) is 6.21 Å². The number of hydrogen-bond acceptors (Lipinski definition) is 3. The summed E-state index contributed by atoms with van der Waals surface area (Å²) >= 11 is 5.94. The number of benzene rings is 1. The predicted octanol–water partition coefficient (Wildman–Crippen LogP) is 1.84. The maximum atomic E-state index is 11.6. The predicted molar refractivity (Wildman–Crippen MR) is 69.7 cm³/mol. The number of carbonyl (C=O) groups excluding carboxylic acids is 1. The molecule has 0 atom stereocenters. The molecule has 1 amide bonds. The summed E-state index contributed by atoms with van der Waals surface area (Å²) < 4.78 is 1.55. The lowest BCUT2D eigenvalue weighted by molar-refractivity contribution is 0.0949. The highest BCUT2D eigenvalue weighted by Crippen LogP contribution is 2.11. The molecule has 0 saturated heterocycles. The van der Waals surface area contributed by atoms with Crippen LogP contribution in [-0.4, -0.2) is 21.9 Å². The minimum absolute atomic E-state index is 0.314. The normalized spacial score (nSPS) is 10.8. The lowest BCUT2D eigenvalue weighted by Crippen LogP contribution is -2.18. The number of hydrogen-bond donors (Lipinski definition) is 1. The monoisotopic (exact) mass is 262 g/mol. The van der Waals surface area contributed by atoms with Crippen molar-refractivity contribution in [3.63, 3.8) is 0 Å². The molecule has 2 aromatic rings. The minimum atomic E-state index is -0.362. The standard InChI is InChI=1S/C12H11ClN4O/c1-17-7-6-11(16-17)12(18)15-14-8-9-4-2-3-5-10(9)13/h2-8H,1H3,(H,15,18)/b14-8+. The van der Waals surface area contributed by atoms with Gasteiger partial charge in [-0.1, -0.05) is 29.8 Å². The Hall–Kier alpha value is -2.14. The Morgan fingerprint density at radius 1 is 1.44 bits per heavy atom. The Morgan fingerprint density at radius 3 is 2.89 bits per heavy atom. The summed E-state index contributed by atoms with van der Waals surface area (Å²) in [7, 11) is 1.74. The average Bonchev–Trinajstić information content (AvgIpc) is 2.78. The number of nitrogens with zero attached hydrogens (tertiary/aromatic N) is 3. The maximum absolute atomic E-state index is 11.6. The van der Waals surface area contributed by atoms with Gasteiger partial charge in [-0.25, -0.2) is 5.43 Å². The fourth-order valence-electron chi connectivity index (χ4n) is 1.33. The SMILES string of the molecule is Cn1ccc(C(=O)N/N=C/c2ccccc2Cl)n1. The van der Waals surface area contributed by atoms with E-state index in [9.17, 15) is 4.79 Å². The van der Waals surface area contributed by atoms with E-state index in [1.807, 2.05) is 12.1 Å². The van der Waals surface area contributed by atoms with Gasteiger partial charge in [-0.05, 0) is 12.1 Å². The van der Waals surface area contributed by atoms with Gasteiger partial charge in [0.2, 0.25) is 0 Å². The number of aryl methyl sites for hydroxylation is 1. The van der Waals surface area contributed by atoms with E-state index >= 15 is 0 Å². The smallest absolute Gasteiger partial charge is 0.275 e. The van der Waals surface area contributed by atoms with Crippen molar-refractivity contribution >= 4 is 23.7 Å². The first-order chi connectivity index (χ1) is 8.66. The van der Waals surface area contributed by atoms with E-state index in [-0.39, 0.29) is 5.91 Å². The first kappa shape index (κ1) is 12.3. The minimum Gasteiger partial charge on any atom is -0.275 e. The zero-order chi connectivity index (χ0) is 13.0. The Bertz CT molecular complexity index is 591. The third-order valence-corrected chi connectivity index (χ3v) is 2.57. The quantitative estimate of drug-likeness (QED) is 0.678. The number of aromatic nitrogens is 2. The topological polar surface area (TPSA) is 59.3 Å². The zero-order valence-electron chi connectivity index (χ0n) is 9.67. The van der Waals surface area contributed by atoms with E-state index in [1.54, 1.807) is 36.1 Å². The summed E-state index contributed by atoms with van der Waals surface area (Å²) in [4.78, 5) is 11.6. The van der Waals surface area contributed by atoms with Crippen LogP contribution in [0.3, 0.4) is 0 Å². The van der Waals surface area contributed by atoms with Gasteiger partial charge in [0.25, 0.3) is 5.91 Å². The Balaban J connectivity index is 2.00. The lowest BCUT2D eigenvalue weighted by atomic mass is 10.2. The van der Waals surface area contributed by atoms with Crippen LogP contribution in [0.15, 0.2) is 41.6 Å². The number of rotatable bonds is 3. The number of halogens is 1. The van der Waals surface area contributed by atoms with Crippen molar-refractivity contribution < 1.29 is 4.79 Å². The van der Waals surface area contributed by atoms with Gasteiger partial charge in [0.1, 0.15) is 0 Å². The summed E-state index contributed by atoms with van der Waals surface area (Å²) in [5.74, 6) is -0.362. The van der Waals surface area contributed by atoms with Crippen molar-refractivity contribution in [2.75, 3.05) is 0 Å². The molecule has 0 aliphatic heterocycles. The van der Waals surface area contributed by atoms with Gasteiger partial charge in [-0.2, -0.15) is 10.2 Å². The van der Waals surface area contributed by atoms with Crippen LogP contribution in [0.25, 0.3) is 0 Å². The molecule has 1 aromatic carbocycles. The maximum Gasteiger partial charge on any atom is 0.291 e. The molecule has 92 valence electrons. The fourth-order valence-corrected chi connectivity index (χ4v) is 1.52. The molecule has 0 spiro atoms. The van der Waals surface area contributed by atoms with Gasteiger partial charge >= 0.3 is 0 Å². The van der Waals surface area contributed by atoms with Crippen LogP contribution in [0.5, 0.6) is 0 Å². The molecular weight excluding hydrogens is 252 g/mol. The van der Waals surface area contributed by atoms with Crippen LogP contribution in [0.4, 0.5) is 0 Å². The molecule has 1 heterocycles. The molecule has 0 aliphatic rings. The van der Waals surface area contributed by atoms with Crippen molar-refractivity contribution in [2.24, 2.45) is 12.1 Å². The van der Waals surface area contributed by atoms with E-state index < -0.39 is 0 Å². The summed E-state index contributed by atoms with van der Waals surface area (Å²) in [6.07, 6.45) is 3.18. The van der Waals surface area contributed by atoms with Crippen molar-refractivity contribution in [2.45, 2.75) is 0 Å².